The normalized spacial score (nSPS) is 17.6. The SMILES string of the molecule is CCCCCCCCCCOc1ccc(C=NN=C2NC(=O)C(CC(=O)O)S2)cc1. The van der Waals surface area contributed by atoms with Gasteiger partial charge in [-0.3, -0.25) is 9.59 Å². The number of carbonyl (C=O) groups is 2. The molecule has 0 saturated carbocycles. The Labute approximate surface area is 182 Å². The lowest BCUT2D eigenvalue weighted by atomic mass is 10.1. The number of thioether (sulfide) groups is 1. The van der Waals surface area contributed by atoms with E-state index in [1.807, 2.05) is 24.3 Å². The molecule has 1 heterocycles. The fourth-order valence-electron chi connectivity index (χ4n) is 2.97. The maximum absolute atomic E-state index is 11.6. The number of nitrogens with one attached hydrogen (secondary N) is 1. The average Bonchev–Trinajstić information content (AvgIpc) is 3.06. The van der Waals surface area contributed by atoms with Crippen molar-refractivity contribution in [1.29, 1.82) is 0 Å². The minimum Gasteiger partial charge on any atom is -0.494 e. The molecule has 30 heavy (non-hydrogen) atoms. The molecule has 7 nitrogen and oxygen atoms in total. The highest BCUT2D eigenvalue weighted by atomic mass is 32.2. The van der Waals surface area contributed by atoms with Gasteiger partial charge in [0.25, 0.3) is 0 Å². The summed E-state index contributed by atoms with van der Waals surface area (Å²) in [5.74, 6) is -0.539. The third-order valence-corrected chi connectivity index (χ3v) is 5.71. The molecule has 1 saturated heterocycles. The number of benzene rings is 1. The van der Waals surface area contributed by atoms with Gasteiger partial charge in [0, 0.05) is 0 Å². The van der Waals surface area contributed by atoms with Crippen molar-refractivity contribution < 1.29 is 19.4 Å². The van der Waals surface area contributed by atoms with Crippen LogP contribution >= 0.6 is 11.8 Å². The van der Waals surface area contributed by atoms with E-state index < -0.39 is 11.2 Å². The number of hydrogen-bond donors (Lipinski definition) is 2. The highest BCUT2D eigenvalue weighted by Gasteiger charge is 2.32. The summed E-state index contributed by atoms with van der Waals surface area (Å²) in [6.45, 7) is 2.96. The van der Waals surface area contributed by atoms with Crippen molar-refractivity contribution in [2.24, 2.45) is 10.2 Å². The number of rotatable bonds is 14. The zero-order chi connectivity index (χ0) is 21.6. The van der Waals surface area contributed by atoms with Crippen LogP contribution in [0.5, 0.6) is 5.75 Å². The van der Waals surface area contributed by atoms with E-state index >= 15 is 0 Å². The summed E-state index contributed by atoms with van der Waals surface area (Å²) in [6.07, 6.45) is 11.6. The zero-order valence-corrected chi connectivity index (χ0v) is 18.3. The summed E-state index contributed by atoms with van der Waals surface area (Å²) in [5.41, 5.74) is 0.857. The van der Waals surface area contributed by atoms with Gasteiger partial charge in [0.1, 0.15) is 11.0 Å². The predicted molar refractivity (Wildman–Crippen MR) is 121 cm³/mol. The smallest absolute Gasteiger partial charge is 0.305 e. The topological polar surface area (TPSA) is 100 Å². The minimum atomic E-state index is -1.02. The van der Waals surface area contributed by atoms with Gasteiger partial charge in [-0.2, -0.15) is 5.10 Å². The molecular weight excluding hydrogens is 402 g/mol. The minimum absolute atomic E-state index is 0.236. The van der Waals surface area contributed by atoms with Crippen LogP contribution in [0.1, 0.15) is 70.3 Å². The fourth-order valence-corrected chi connectivity index (χ4v) is 3.88. The molecule has 0 bridgehead atoms. The lowest BCUT2D eigenvalue weighted by Gasteiger charge is -2.06. The van der Waals surface area contributed by atoms with Gasteiger partial charge in [-0.1, -0.05) is 63.6 Å². The van der Waals surface area contributed by atoms with Gasteiger partial charge in [-0.15, -0.1) is 5.10 Å². The van der Waals surface area contributed by atoms with Gasteiger partial charge >= 0.3 is 5.97 Å². The Kier molecular flexibility index (Phi) is 11.0. The van der Waals surface area contributed by atoms with E-state index in [-0.39, 0.29) is 12.3 Å². The summed E-state index contributed by atoms with van der Waals surface area (Å²) < 4.78 is 5.78. The Morgan fingerprint density at radius 2 is 1.80 bits per heavy atom. The van der Waals surface area contributed by atoms with Crippen molar-refractivity contribution in [2.45, 2.75) is 70.0 Å². The predicted octanol–water partition coefficient (Wildman–Crippen LogP) is 4.60. The van der Waals surface area contributed by atoms with Crippen LogP contribution in [0.2, 0.25) is 0 Å². The van der Waals surface area contributed by atoms with E-state index in [0.29, 0.717) is 5.17 Å². The average molecular weight is 434 g/mol. The van der Waals surface area contributed by atoms with Gasteiger partial charge in [-0.05, 0) is 36.2 Å². The van der Waals surface area contributed by atoms with E-state index in [4.69, 9.17) is 9.84 Å². The largest absolute Gasteiger partial charge is 0.494 e. The Bertz CT molecular complexity index is 734. The van der Waals surface area contributed by atoms with E-state index in [1.54, 1.807) is 6.21 Å². The lowest BCUT2D eigenvalue weighted by Crippen LogP contribution is -2.26. The Morgan fingerprint density at radius 1 is 1.13 bits per heavy atom. The molecule has 1 atom stereocenters. The molecule has 1 unspecified atom stereocenters. The molecule has 2 rings (SSSR count). The number of amides is 1. The summed E-state index contributed by atoms with van der Waals surface area (Å²) in [6, 6.07) is 7.57. The first-order valence-electron chi connectivity index (χ1n) is 10.6. The number of carboxylic acid groups (broad SMARTS) is 1. The van der Waals surface area contributed by atoms with E-state index in [0.717, 1.165) is 36.1 Å². The molecule has 0 spiro atoms. The zero-order valence-electron chi connectivity index (χ0n) is 17.5. The van der Waals surface area contributed by atoms with Crippen LogP contribution in [0.15, 0.2) is 34.5 Å². The molecule has 1 aromatic rings. The maximum Gasteiger partial charge on any atom is 0.305 e. The Morgan fingerprint density at radius 3 is 2.47 bits per heavy atom. The molecule has 1 fully saturated rings. The van der Waals surface area contributed by atoms with Crippen molar-refractivity contribution in [1.82, 2.24) is 5.32 Å². The second-order valence-corrected chi connectivity index (χ2v) is 8.43. The third-order valence-electron chi connectivity index (χ3n) is 4.64. The van der Waals surface area contributed by atoms with Gasteiger partial charge in [0.2, 0.25) is 5.91 Å². The van der Waals surface area contributed by atoms with Crippen molar-refractivity contribution in [3.8, 4) is 5.75 Å². The lowest BCUT2D eigenvalue weighted by molar-refractivity contribution is -0.138. The van der Waals surface area contributed by atoms with Gasteiger partial charge in [0.05, 0.1) is 19.2 Å². The van der Waals surface area contributed by atoms with Crippen molar-refractivity contribution in [2.75, 3.05) is 6.61 Å². The van der Waals surface area contributed by atoms with Gasteiger partial charge in [0.15, 0.2) is 5.17 Å². The quantitative estimate of drug-likeness (QED) is 0.254. The first-order valence-corrected chi connectivity index (χ1v) is 11.5. The van der Waals surface area contributed by atoms with Crippen molar-refractivity contribution in [3.63, 3.8) is 0 Å². The molecule has 8 heteroatoms. The van der Waals surface area contributed by atoms with E-state index in [9.17, 15) is 9.59 Å². The molecule has 1 aliphatic rings. The van der Waals surface area contributed by atoms with Gasteiger partial charge < -0.3 is 15.2 Å². The monoisotopic (exact) mass is 433 g/mol. The van der Waals surface area contributed by atoms with Crippen LogP contribution in [0, 0.1) is 0 Å². The first kappa shape index (κ1) is 23.9. The number of nitrogens with zero attached hydrogens (tertiary/aromatic N) is 2. The standard InChI is InChI=1S/C22H31N3O4S/c1-2-3-4-5-6-7-8-9-14-29-18-12-10-17(11-13-18)16-23-25-22-24-21(28)19(30-22)15-20(26)27/h10-13,16,19H,2-9,14-15H2,1H3,(H,26,27)(H,24,25,28). The molecule has 0 radical (unpaired) electrons. The second-order valence-electron chi connectivity index (χ2n) is 7.24. The van der Waals surface area contributed by atoms with Crippen LogP contribution < -0.4 is 10.1 Å². The van der Waals surface area contributed by atoms with Crippen LogP contribution in [0.25, 0.3) is 0 Å². The number of amidine groups is 1. The molecule has 0 aromatic heterocycles. The molecule has 1 amide bonds. The van der Waals surface area contributed by atoms with E-state index in [1.165, 1.54) is 44.9 Å². The maximum atomic E-state index is 11.6. The Hall–Kier alpha value is -2.35. The number of carboxylic acids is 1. The highest BCUT2D eigenvalue weighted by Crippen LogP contribution is 2.22. The van der Waals surface area contributed by atoms with Crippen LogP contribution in [0.4, 0.5) is 0 Å². The third kappa shape index (κ3) is 9.43. The number of ether oxygens (including phenoxy) is 1. The summed E-state index contributed by atoms with van der Waals surface area (Å²) in [4.78, 5) is 22.4. The van der Waals surface area contributed by atoms with Crippen molar-refractivity contribution >= 4 is 35.0 Å². The molecule has 1 aromatic carbocycles. The van der Waals surface area contributed by atoms with Gasteiger partial charge in [-0.25, -0.2) is 0 Å². The highest BCUT2D eigenvalue weighted by molar-refractivity contribution is 8.15. The summed E-state index contributed by atoms with van der Waals surface area (Å²) in [5, 5.41) is 18.9. The molecule has 2 N–H and O–H groups in total. The number of unbranched alkanes of at least 4 members (excludes halogenated alkanes) is 7. The summed E-state index contributed by atoms with van der Waals surface area (Å²) in [7, 11) is 0. The van der Waals surface area contributed by atoms with Crippen LogP contribution in [-0.4, -0.2) is 40.2 Å². The number of aliphatic carboxylic acids is 1. The molecule has 1 aliphatic heterocycles. The number of hydrogen-bond acceptors (Lipinski definition) is 6. The van der Waals surface area contributed by atoms with Crippen LogP contribution in [-0.2, 0) is 9.59 Å². The van der Waals surface area contributed by atoms with Crippen LogP contribution in [0.3, 0.4) is 0 Å². The molecule has 0 aliphatic carbocycles. The molecular formula is C22H31N3O4S. The summed E-state index contributed by atoms with van der Waals surface area (Å²) >= 11 is 1.08. The van der Waals surface area contributed by atoms with Crippen molar-refractivity contribution in [3.05, 3.63) is 29.8 Å². The molecule has 164 valence electrons. The van der Waals surface area contributed by atoms with E-state index in [2.05, 4.69) is 22.4 Å². The number of carbonyl (C=O) groups excluding carboxylic acids is 1. The second kappa shape index (κ2) is 13.8. The first-order chi connectivity index (χ1) is 14.6. The Balaban J connectivity index is 1.65. The fraction of sp³-hybridized carbons (Fsp3) is 0.545.